The molecule has 0 spiro atoms. The zero-order valence-corrected chi connectivity index (χ0v) is 9.37. The number of ether oxygens (including phenoxy) is 1. The minimum Gasteiger partial charge on any atom is -0.463 e. The summed E-state index contributed by atoms with van der Waals surface area (Å²) >= 11 is 3.21. The number of methoxy groups -OCH3 is 1. The Morgan fingerprint density at radius 1 is 1.60 bits per heavy atom. The zero-order chi connectivity index (χ0) is 11.0. The third-order valence-corrected chi connectivity index (χ3v) is 2.35. The molecule has 0 aliphatic heterocycles. The molecule has 0 amide bonds. The van der Waals surface area contributed by atoms with Gasteiger partial charge in [-0.3, -0.25) is 0 Å². The Bertz CT molecular complexity index is 535. The molecule has 2 aromatic rings. The first-order valence-electron chi connectivity index (χ1n) is 4.06. The summed E-state index contributed by atoms with van der Waals surface area (Å²) in [6, 6.07) is 3.38. The highest BCUT2D eigenvalue weighted by molar-refractivity contribution is 9.10. The van der Waals surface area contributed by atoms with Crippen LogP contribution in [-0.4, -0.2) is 18.1 Å². The van der Waals surface area contributed by atoms with Crippen molar-refractivity contribution in [3.05, 3.63) is 22.5 Å². The van der Waals surface area contributed by atoms with Gasteiger partial charge in [0.25, 0.3) is 0 Å². The predicted octanol–water partition coefficient (Wildman–Crippen LogP) is 1.96. The molecule has 0 atom stereocenters. The summed E-state index contributed by atoms with van der Waals surface area (Å²) in [5.74, 6) is -0.625. The molecule has 2 aromatic heterocycles. The first-order valence-corrected chi connectivity index (χ1v) is 4.85. The molecular weight excluding hydrogens is 264 g/mol. The molecule has 0 aliphatic carbocycles. The van der Waals surface area contributed by atoms with E-state index in [-0.39, 0.29) is 11.4 Å². The molecule has 6 heteroatoms. The highest BCUT2D eigenvalue weighted by atomic mass is 79.9. The lowest BCUT2D eigenvalue weighted by molar-refractivity contribution is 0.0569. The van der Waals surface area contributed by atoms with Gasteiger partial charge in [0.1, 0.15) is 15.8 Å². The van der Waals surface area contributed by atoms with Gasteiger partial charge in [0, 0.05) is 0 Å². The van der Waals surface area contributed by atoms with Gasteiger partial charge in [-0.1, -0.05) is 0 Å². The number of fused-ring (bicyclic) bond motifs is 1. The van der Waals surface area contributed by atoms with E-state index < -0.39 is 5.97 Å². The van der Waals surface area contributed by atoms with Gasteiger partial charge < -0.3 is 14.9 Å². The van der Waals surface area contributed by atoms with Gasteiger partial charge in [-0.25, -0.2) is 9.78 Å². The number of rotatable bonds is 1. The second kappa shape index (κ2) is 3.54. The third-order valence-electron chi connectivity index (χ3n) is 1.91. The van der Waals surface area contributed by atoms with E-state index in [1.54, 1.807) is 12.1 Å². The van der Waals surface area contributed by atoms with Gasteiger partial charge in [0.15, 0.2) is 5.58 Å². The summed E-state index contributed by atoms with van der Waals surface area (Å²) in [6.07, 6.45) is 0. The normalized spacial score (nSPS) is 10.5. The molecule has 0 radical (unpaired) electrons. The molecule has 5 nitrogen and oxygen atoms in total. The second-order valence-corrected chi connectivity index (χ2v) is 3.63. The maximum atomic E-state index is 11.3. The Balaban J connectivity index is 2.69. The van der Waals surface area contributed by atoms with Crippen LogP contribution in [0.3, 0.4) is 0 Å². The number of furan rings is 1. The Kier molecular flexibility index (Phi) is 2.36. The lowest BCUT2D eigenvalue weighted by Gasteiger charge is -1.93. The van der Waals surface area contributed by atoms with Crippen LogP contribution in [0.15, 0.2) is 21.2 Å². The molecule has 2 rings (SSSR count). The first-order chi connectivity index (χ1) is 7.13. The van der Waals surface area contributed by atoms with E-state index in [9.17, 15) is 4.79 Å². The van der Waals surface area contributed by atoms with E-state index in [2.05, 4.69) is 25.7 Å². The van der Waals surface area contributed by atoms with E-state index in [1.165, 1.54) is 7.11 Å². The highest BCUT2D eigenvalue weighted by Gasteiger charge is 2.19. The summed E-state index contributed by atoms with van der Waals surface area (Å²) in [6.45, 7) is 0. The van der Waals surface area contributed by atoms with Crippen molar-refractivity contribution in [3.8, 4) is 0 Å². The van der Waals surface area contributed by atoms with Crippen molar-refractivity contribution in [3.63, 3.8) is 0 Å². The summed E-state index contributed by atoms with van der Waals surface area (Å²) < 4.78 is 10.4. The van der Waals surface area contributed by atoms with Gasteiger partial charge in [-0.2, -0.15) is 0 Å². The smallest absolute Gasteiger partial charge is 0.376 e. The summed E-state index contributed by atoms with van der Waals surface area (Å²) in [7, 11) is 1.26. The van der Waals surface area contributed by atoms with Crippen LogP contribution in [-0.2, 0) is 4.74 Å². The molecule has 0 fully saturated rings. The Morgan fingerprint density at radius 3 is 3.00 bits per heavy atom. The van der Waals surface area contributed by atoms with Gasteiger partial charge in [0.05, 0.1) is 7.11 Å². The van der Waals surface area contributed by atoms with Gasteiger partial charge in [-0.15, -0.1) is 0 Å². The molecule has 0 saturated heterocycles. The van der Waals surface area contributed by atoms with Crippen LogP contribution in [0.5, 0.6) is 0 Å². The van der Waals surface area contributed by atoms with Crippen molar-refractivity contribution in [1.29, 1.82) is 0 Å². The van der Waals surface area contributed by atoms with Crippen LogP contribution in [0.2, 0.25) is 0 Å². The maximum absolute atomic E-state index is 11.3. The van der Waals surface area contributed by atoms with Crippen molar-refractivity contribution in [1.82, 2.24) is 4.98 Å². The first kappa shape index (κ1) is 9.97. The molecule has 0 aliphatic rings. The standard InChI is InChI=1S/C9H7BrN2O3/c1-14-9(13)8-6(11)7-4(15-8)2-3-5(10)12-7/h2-3H,11H2,1H3. The fraction of sp³-hybridized carbons (Fsp3) is 0.111. The average Bonchev–Trinajstić information content (AvgIpc) is 2.55. The summed E-state index contributed by atoms with van der Waals surface area (Å²) in [5.41, 5.74) is 6.80. The van der Waals surface area contributed by atoms with E-state index in [0.717, 1.165) is 0 Å². The molecule has 0 aromatic carbocycles. The molecular formula is C9H7BrN2O3. The number of nitrogen functional groups attached to an aromatic ring is 1. The van der Waals surface area contributed by atoms with Crippen LogP contribution in [0.1, 0.15) is 10.6 Å². The molecule has 15 heavy (non-hydrogen) atoms. The van der Waals surface area contributed by atoms with Crippen molar-refractivity contribution in [2.24, 2.45) is 0 Å². The summed E-state index contributed by atoms with van der Waals surface area (Å²) in [5, 5.41) is 0. The molecule has 0 bridgehead atoms. The number of halogens is 1. The second-order valence-electron chi connectivity index (χ2n) is 2.82. The summed E-state index contributed by atoms with van der Waals surface area (Å²) in [4.78, 5) is 15.4. The number of carbonyl (C=O) groups is 1. The van der Waals surface area contributed by atoms with Gasteiger partial charge in [-0.05, 0) is 28.1 Å². The fourth-order valence-electron chi connectivity index (χ4n) is 1.21. The van der Waals surface area contributed by atoms with Crippen molar-refractivity contribution >= 4 is 38.7 Å². The Morgan fingerprint density at radius 2 is 2.33 bits per heavy atom. The number of nitrogens with two attached hydrogens (primary N) is 1. The van der Waals surface area contributed by atoms with E-state index >= 15 is 0 Å². The van der Waals surface area contributed by atoms with Gasteiger partial charge >= 0.3 is 5.97 Å². The van der Waals surface area contributed by atoms with E-state index in [0.29, 0.717) is 15.7 Å². The third kappa shape index (κ3) is 1.56. The number of hydrogen-bond donors (Lipinski definition) is 1. The van der Waals surface area contributed by atoms with E-state index in [1.807, 2.05) is 0 Å². The predicted molar refractivity (Wildman–Crippen MR) is 57.5 cm³/mol. The van der Waals surface area contributed by atoms with Crippen molar-refractivity contribution < 1.29 is 13.9 Å². The van der Waals surface area contributed by atoms with Crippen LogP contribution in [0.4, 0.5) is 5.69 Å². The topological polar surface area (TPSA) is 78.3 Å². The molecule has 0 unspecified atom stereocenters. The fourth-order valence-corrected chi connectivity index (χ4v) is 1.52. The molecule has 78 valence electrons. The molecule has 2 heterocycles. The number of carbonyl (C=O) groups excluding carboxylic acids is 1. The monoisotopic (exact) mass is 270 g/mol. The lowest BCUT2D eigenvalue weighted by Crippen LogP contribution is -2.02. The van der Waals surface area contributed by atoms with Crippen LogP contribution in [0.25, 0.3) is 11.1 Å². The van der Waals surface area contributed by atoms with Crippen molar-refractivity contribution in [2.45, 2.75) is 0 Å². The SMILES string of the molecule is COC(=O)c1oc2ccc(Br)nc2c1N. The van der Waals surface area contributed by atoms with Gasteiger partial charge in [0.2, 0.25) is 5.76 Å². The molecule has 0 saturated carbocycles. The van der Waals surface area contributed by atoms with Crippen LogP contribution >= 0.6 is 15.9 Å². The largest absolute Gasteiger partial charge is 0.463 e. The maximum Gasteiger partial charge on any atom is 0.376 e. The number of hydrogen-bond acceptors (Lipinski definition) is 5. The minimum atomic E-state index is -0.610. The lowest BCUT2D eigenvalue weighted by atomic mass is 10.3. The van der Waals surface area contributed by atoms with Crippen LogP contribution < -0.4 is 5.73 Å². The van der Waals surface area contributed by atoms with Crippen LogP contribution in [0, 0.1) is 0 Å². The van der Waals surface area contributed by atoms with Crippen molar-refractivity contribution in [2.75, 3.05) is 12.8 Å². The number of pyridine rings is 1. The molecule has 2 N–H and O–H groups in total. The average molecular weight is 271 g/mol. The highest BCUT2D eigenvalue weighted by Crippen LogP contribution is 2.28. The zero-order valence-electron chi connectivity index (χ0n) is 7.78. The number of esters is 1. The van der Waals surface area contributed by atoms with E-state index in [4.69, 9.17) is 10.2 Å². The quantitative estimate of drug-likeness (QED) is 0.633. The Labute approximate surface area is 93.3 Å². The number of aromatic nitrogens is 1. The minimum absolute atomic E-state index is 0.0156. The number of anilines is 1. The number of nitrogens with zero attached hydrogens (tertiary/aromatic N) is 1. The Hall–Kier alpha value is -1.56.